The van der Waals surface area contributed by atoms with Crippen molar-refractivity contribution in [1.82, 2.24) is 9.97 Å². The number of rotatable bonds is 4. The van der Waals surface area contributed by atoms with Crippen molar-refractivity contribution in [2.75, 3.05) is 10.6 Å². The monoisotopic (exact) mass is 388 g/mol. The van der Waals surface area contributed by atoms with Crippen LogP contribution in [0.3, 0.4) is 0 Å². The van der Waals surface area contributed by atoms with Crippen molar-refractivity contribution in [3.8, 4) is 0 Å². The molecule has 116 valence electrons. The van der Waals surface area contributed by atoms with Crippen LogP contribution in [-0.4, -0.2) is 9.97 Å². The number of aryl methyl sites for hydroxylation is 1. The van der Waals surface area contributed by atoms with Crippen LogP contribution < -0.4 is 10.6 Å². The maximum absolute atomic E-state index is 6.04. The Morgan fingerprint density at radius 3 is 2.65 bits per heavy atom. The number of nitrogens with zero attached hydrogens (tertiary/aromatic N) is 2. The summed E-state index contributed by atoms with van der Waals surface area (Å²) in [5, 5.41) is 7.12. The lowest BCUT2D eigenvalue weighted by atomic mass is 10.2. The number of aromatic nitrogens is 2. The number of para-hydroxylation sites is 1. The summed E-state index contributed by atoms with van der Waals surface area (Å²) >= 11 is 9.55. The Morgan fingerprint density at radius 1 is 1.00 bits per heavy atom. The van der Waals surface area contributed by atoms with Crippen LogP contribution in [0.15, 0.2) is 59.2 Å². The SMILES string of the molecule is Cc1ccc(Cl)cc1Nc1nccc(Nc2ccccc2Br)n1. The summed E-state index contributed by atoms with van der Waals surface area (Å²) in [5.41, 5.74) is 2.90. The van der Waals surface area contributed by atoms with E-state index in [1.54, 1.807) is 6.20 Å². The Hall–Kier alpha value is -2.11. The molecule has 3 rings (SSSR count). The highest BCUT2D eigenvalue weighted by molar-refractivity contribution is 9.10. The van der Waals surface area contributed by atoms with E-state index >= 15 is 0 Å². The van der Waals surface area contributed by atoms with Gasteiger partial charge in [0, 0.05) is 21.4 Å². The first kappa shape index (κ1) is 15.8. The number of benzene rings is 2. The predicted octanol–water partition coefficient (Wildman–Crippen LogP) is 5.69. The zero-order valence-electron chi connectivity index (χ0n) is 12.3. The highest BCUT2D eigenvalue weighted by atomic mass is 79.9. The van der Waals surface area contributed by atoms with Gasteiger partial charge in [0.2, 0.25) is 5.95 Å². The van der Waals surface area contributed by atoms with Gasteiger partial charge in [-0.15, -0.1) is 0 Å². The van der Waals surface area contributed by atoms with Crippen molar-refractivity contribution < 1.29 is 0 Å². The molecule has 0 spiro atoms. The van der Waals surface area contributed by atoms with Gasteiger partial charge in [0.1, 0.15) is 5.82 Å². The lowest BCUT2D eigenvalue weighted by molar-refractivity contribution is 1.16. The average molecular weight is 390 g/mol. The molecule has 0 unspecified atom stereocenters. The number of halogens is 2. The van der Waals surface area contributed by atoms with Crippen molar-refractivity contribution in [1.29, 1.82) is 0 Å². The average Bonchev–Trinajstić information content (AvgIpc) is 2.54. The summed E-state index contributed by atoms with van der Waals surface area (Å²) in [6.45, 7) is 2.00. The standard InChI is InChI=1S/C17H14BrClN4/c1-11-6-7-12(19)10-15(11)22-17-20-9-8-16(23-17)21-14-5-3-2-4-13(14)18/h2-10H,1H3,(H2,20,21,22,23). The first-order valence-electron chi connectivity index (χ1n) is 6.99. The van der Waals surface area contributed by atoms with Crippen LogP contribution in [0.2, 0.25) is 5.02 Å². The summed E-state index contributed by atoms with van der Waals surface area (Å²) in [7, 11) is 0. The van der Waals surface area contributed by atoms with E-state index in [1.807, 2.05) is 55.5 Å². The third-order valence-electron chi connectivity index (χ3n) is 3.24. The first-order valence-corrected chi connectivity index (χ1v) is 8.17. The van der Waals surface area contributed by atoms with Crippen LogP contribution in [0.1, 0.15) is 5.56 Å². The summed E-state index contributed by atoms with van der Waals surface area (Å²) < 4.78 is 0.971. The van der Waals surface area contributed by atoms with Crippen molar-refractivity contribution in [2.24, 2.45) is 0 Å². The van der Waals surface area contributed by atoms with E-state index in [4.69, 9.17) is 11.6 Å². The van der Waals surface area contributed by atoms with E-state index in [1.165, 1.54) is 0 Å². The Labute approximate surface area is 148 Å². The molecule has 0 aliphatic heterocycles. The quantitative estimate of drug-likeness (QED) is 0.602. The molecule has 3 aromatic rings. The van der Waals surface area contributed by atoms with Crippen LogP contribution in [0.4, 0.5) is 23.1 Å². The van der Waals surface area contributed by atoms with Crippen molar-refractivity contribution >= 4 is 50.7 Å². The Balaban J connectivity index is 1.83. The topological polar surface area (TPSA) is 49.8 Å². The number of hydrogen-bond acceptors (Lipinski definition) is 4. The minimum Gasteiger partial charge on any atom is -0.339 e. The van der Waals surface area contributed by atoms with Crippen LogP contribution >= 0.6 is 27.5 Å². The molecule has 0 aliphatic rings. The molecule has 0 fully saturated rings. The molecular formula is C17H14BrClN4. The summed E-state index contributed by atoms with van der Waals surface area (Å²) in [5.74, 6) is 1.21. The first-order chi connectivity index (χ1) is 11.1. The molecule has 0 saturated heterocycles. The van der Waals surface area contributed by atoms with E-state index in [2.05, 4.69) is 36.5 Å². The molecule has 23 heavy (non-hydrogen) atoms. The highest BCUT2D eigenvalue weighted by Crippen LogP contribution is 2.26. The molecule has 4 nitrogen and oxygen atoms in total. The van der Waals surface area contributed by atoms with E-state index in [0.717, 1.165) is 21.4 Å². The molecule has 0 amide bonds. The maximum atomic E-state index is 6.04. The summed E-state index contributed by atoms with van der Waals surface area (Å²) in [4.78, 5) is 8.73. The summed E-state index contributed by atoms with van der Waals surface area (Å²) in [6.07, 6.45) is 1.70. The normalized spacial score (nSPS) is 10.4. The molecule has 0 bridgehead atoms. The molecule has 2 N–H and O–H groups in total. The van der Waals surface area contributed by atoms with E-state index in [-0.39, 0.29) is 0 Å². The largest absolute Gasteiger partial charge is 0.339 e. The van der Waals surface area contributed by atoms with Crippen molar-refractivity contribution in [2.45, 2.75) is 6.92 Å². The second-order valence-corrected chi connectivity index (χ2v) is 6.25. The molecule has 0 radical (unpaired) electrons. The Morgan fingerprint density at radius 2 is 1.83 bits per heavy atom. The molecule has 1 heterocycles. The zero-order valence-corrected chi connectivity index (χ0v) is 14.7. The lowest BCUT2D eigenvalue weighted by Crippen LogP contribution is -2.01. The number of nitrogens with one attached hydrogen (secondary N) is 2. The molecule has 0 aliphatic carbocycles. The predicted molar refractivity (Wildman–Crippen MR) is 98.9 cm³/mol. The molecule has 0 saturated carbocycles. The van der Waals surface area contributed by atoms with E-state index in [9.17, 15) is 0 Å². The van der Waals surface area contributed by atoms with Crippen LogP contribution in [0.25, 0.3) is 0 Å². The van der Waals surface area contributed by atoms with Crippen LogP contribution in [0, 0.1) is 6.92 Å². The van der Waals surface area contributed by atoms with E-state index in [0.29, 0.717) is 16.8 Å². The van der Waals surface area contributed by atoms with Gasteiger partial charge in [-0.3, -0.25) is 0 Å². The molecule has 6 heteroatoms. The van der Waals surface area contributed by atoms with Crippen LogP contribution in [-0.2, 0) is 0 Å². The highest BCUT2D eigenvalue weighted by Gasteiger charge is 2.05. The minimum absolute atomic E-state index is 0.507. The molecular weight excluding hydrogens is 376 g/mol. The second-order valence-electron chi connectivity index (χ2n) is 4.95. The number of anilines is 4. The summed E-state index contributed by atoms with van der Waals surface area (Å²) in [6, 6.07) is 15.3. The fourth-order valence-electron chi connectivity index (χ4n) is 2.04. The molecule has 2 aromatic carbocycles. The van der Waals surface area contributed by atoms with Gasteiger partial charge in [0.05, 0.1) is 5.69 Å². The third-order valence-corrected chi connectivity index (χ3v) is 4.16. The van der Waals surface area contributed by atoms with Crippen molar-refractivity contribution in [3.05, 3.63) is 69.8 Å². The van der Waals surface area contributed by atoms with Gasteiger partial charge in [0.25, 0.3) is 0 Å². The van der Waals surface area contributed by atoms with Gasteiger partial charge < -0.3 is 10.6 Å². The van der Waals surface area contributed by atoms with E-state index < -0.39 is 0 Å². The van der Waals surface area contributed by atoms with Gasteiger partial charge in [-0.25, -0.2) is 4.98 Å². The van der Waals surface area contributed by atoms with Gasteiger partial charge in [-0.1, -0.05) is 29.8 Å². The smallest absolute Gasteiger partial charge is 0.229 e. The maximum Gasteiger partial charge on any atom is 0.229 e. The molecule has 1 aromatic heterocycles. The Bertz CT molecular complexity index is 838. The fourth-order valence-corrected chi connectivity index (χ4v) is 2.59. The van der Waals surface area contributed by atoms with Crippen LogP contribution in [0.5, 0.6) is 0 Å². The zero-order chi connectivity index (χ0) is 16.2. The molecule has 0 atom stereocenters. The second kappa shape index (κ2) is 6.98. The Kier molecular flexibility index (Phi) is 4.79. The lowest BCUT2D eigenvalue weighted by Gasteiger charge is -2.11. The van der Waals surface area contributed by atoms with Gasteiger partial charge in [0.15, 0.2) is 0 Å². The minimum atomic E-state index is 0.507. The van der Waals surface area contributed by atoms with Crippen molar-refractivity contribution in [3.63, 3.8) is 0 Å². The fraction of sp³-hybridized carbons (Fsp3) is 0.0588. The number of hydrogen-bond donors (Lipinski definition) is 2. The third kappa shape index (κ3) is 4.00. The van der Waals surface area contributed by atoms with Gasteiger partial charge in [-0.2, -0.15) is 4.98 Å². The van der Waals surface area contributed by atoms with Gasteiger partial charge >= 0.3 is 0 Å². The van der Waals surface area contributed by atoms with Gasteiger partial charge in [-0.05, 0) is 58.7 Å².